The summed E-state index contributed by atoms with van der Waals surface area (Å²) in [5, 5.41) is 15.6. The van der Waals surface area contributed by atoms with Gasteiger partial charge in [0.2, 0.25) is 11.8 Å². The lowest BCUT2D eigenvalue weighted by atomic mass is 10.0. The third-order valence-corrected chi connectivity index (χ3v) is 8.01. The van der Waals surface area contributed by atoms with Crippen molar-refractivity contribution in [1.29, 1.82) is 0 Å². The SMILES string of the molecule is O=C1CCC(N2Cc3cc(C(=O)NCc4ccc(CN(CCO)c5ccc(Cl)c(Cl)c5)cc4)ccc3C2=O)C(=O)N1. The minimum absolute atomic E-state index is 0.0177. The molecule has 2 aliphatic heterocycles. The zero-order valence-corrected chi connectivity index (χ0v) is 23.5. The van der Waals surface area contributed by atoms with Gasteiger partial charge < -0.3 is 20.2 Å². The predicted octanol–water partition coefficient (Wildman–Crippen LogP) is 3.68. The van der Waals surface area contributed by atoms with E-state index in [1.165, 1.54) is 4.90 Å². The molecule has 3 aromatic carbocycles. The highest BCUT2D eigenvalue weighted by atomic mass is 35.5. The summed E-state index contributed by atoms with van der Waals surface area (Å²) in [6.45, 7) is 1.47. The second kappa shape index (κ2) is 12.3. The molecular formula is C30H28Cl2N4O5. The van der Waals surface area contributed by atoms with Crippen LogP contribution in [-0.2, 0) is 29.2 Å². The fourth-order valence-electron chi connectivity index (χ4n) is 5.08. The zero-order valence-electron chi connectivity index (χ0n) is 22.0. The molecule has 0 radical (unpaired) electrons. The van der Waals surface area contributed by atoms with Crippen molar-refractivity contribution < 1.29 is 24.3 Å². The Labute approximate surface area is 247 Å². The smallest absolute Gasteiger partial charge is 0.255 e. The number of anilines is 1. The highest BCUT2D eigenvalue weighted by molar-refractivity contribution is 6.42. The van der Waals surface area contributed by atoms with Gasteiger partial charge in [0.25, 0.3) is 11.8 Å². The second-order valence-electron chi connectivity index (χ2n) is 10.0. The average molecular weight is 595 g/mol. The molecule has 5 rings (SSSR count). The topological polar surface area (TPSA) is 119 Å². The number of carbonyl (C=O) groups excluding carboxylic acids is 4. The molecule has 9 nitrogen and oxygen atoms in total. The number of benzene rings is 3. The maximum absolute atomic E-state index is 12.9. The standard InChI is InChI=1S/C30H28Cl2N4O5/c31-24-8-6-22(14-25(24)32)35(11-12-37)16-19-3-1-18(2-4-19)15-33-28(39)20-5-7-23-21(13-20)17-36(30(23)41)26-9-10-27(38)34-29(26)40/h1-8,13-14,26,37H,9-12,15-17H2,(H,33,39)(H,34,38,40). The molecule has 0 aliphatic carbocycles. The van der Waals surface area contributed by atoms with Gasteiger partial charge in [-0.25, -0.2) is 0 Å². The number of aliphatic hydroxyl groups is 1. The summed E-state index contributed by atoms with van der Waals surface area (Å²) >= 11 is 12.2. The molecule has 0 bridgehead atoms. The number of aliphatic hydroxyl groups excluding tert-OH is 1. The van der Waals surface area contributed by atoms with E-state index in [1.54, 1.807) is 30.3 Å². The van der Waals surface area contributed by atoms with Gasteiger partial charge >= 0.3 is 0 Å². The molecule has 3 N–H and O–H groups in total. The molecule has 2 heterocycles. The van der Waals surface area contributed by atoms with Gasteiger partial charge in [-0.1, -0.05) is 47.5 Å². The molecule has 1 unspecified atom stereocenters. The van der Waals surface area contributed by atoms with Crippen LogP contribution in [0.2, 0.25) is 10.0 Å². The average Bonchev–Trinajstić information content (AvgIpc) is 3.29. The zero-order chi connectivity index (χ0) is 29.1. The normalized spacial score (nSPS) is 16.4. The second-order valence-corrected chi connectivity index (χ2v) is 10.8. The molecule has 3 aromatic rings. The Morgan fingerprint density at radius 2 is 1.76 bits per heavy atom. The molecular weight excluding hydrogens is 567 g/mol. The number of halogens is 2. The quantitative estimate of drug-likeness (QED) is 0.325. The van der Waals surface area contributed by atoms with Crippen LogP contribution in [0.5, 0.6) is 0 Å². The Morgan fingerprint density at radius 3 is 2.46 bits per heavy atom. The van der Waals surface area contributed by atoms with Crippen LogP contribution < -0.4 is 15.5 Å². The first-order valence-electron chi connectivity index (χ1n) is 13.2. The van der Waals surface area contributed by atoms with E-state index in [9.17, 15) is 24.3 Å². The van der Waals surface area contributed by atoms with E-state index in [1.807, 2.05) is 35.2 Å². The lowest BCUT2D eigenvalue weighted by Crippen LogP contribution is -2.52. The number of hydrogen-bond donors (Lipinski definition) is 3. The van der Waals surface area contributed by atoms with Crippen molar-refractivity contribution in [3.05, 3.63) is 98.5 Å². The van der Waals surface area contributed by atoms with E-state index in [2.05, 4.69) is 10.6 Å². The van der Waals surface area contributed by atoms with Gasteiger partial charge in [0, 0.05) is 49.4 Å². The van der Waals surface area contributed by atoms with Gasteiger partial charge in [-0.2, -0.15) is 0 Å². The van der Waals surface area contributed by atoms with Crippen molar-refractivity contribution in [3.8, 4) is 0 Å². The van der Waals surface area contributed by atoms with Crippen LogP contribution in [0.25, 0.3) is 0 Å². The van der Waals surface area contributed by atoms with Crippen LogP contribution in [0.3, 0.4) is 0 Å². The third-order valence-electron chi connectivity index (χ3n) is 7.27. The van der Waals surface area contributed by atoms with E-state index >= 15 is 0 Å². The van der Waals surface area contributed by atoms with Crippen LogP contribution in [0.15, 0.2) is 60.7 Å². The minimum Gasteiger partial charge on any atom is -0.395 e. The summed E-state index contributed by atoms with van der Waals surface area (Å²) in [6.07, 6.45) is 0.467. The number of piperidine rings is 1. The maximum Gasteiger partial charge on any atom is 0.255 e. The van der Waals surface area contributed by atoms with Crippen molar-refractivity contribution in [3.63, 3.8) is 0 Å². The highest BCUT2D eigenvalue weighted by Crippen LogP contribution is 2.29. The summed E-state index contributed by atoms with van der Waals surface area (Å²) in [6, 6.07) is 17.3. The molecule has 4 amide bonds. The van der Waals surface area contributed by atoms with Crippen LogP contribution in [-0.4, -0.2) is 52.8 Å². The van der Waals surface area contributed by atoms with Crippen molar-refractivity contribution >= 4 is 52.5 Å². The number of rotatable bonds is 9. The third kappa shape index (κ3) is 6.37. The number of carbonyl (C=O) groups is 4. The first-order chi connectivity index (χ1) is 19.7. The van der Waals surface area contributed by atoms with E-state index in [0.29, 0.717) is 46.4 Å². The highest BCUT2D eigenvalue weighted by Gasteiger charge is 2.39. The predicted molar refractivity (Wildman–Crippen MR) is 155 cm³/mol. The molecule has 1 saturated heterocycles. The lowest BCUT2D eigenvalue weighted by molar-refractivity contribution is -0.136. The van der Waals surface area contributed by atoms with Crippen LogP contribution in [0.4, 0.5) is 5.69 Å². The van der Waals surface area contributed by atoms with Gasteiger partial charge in [-0.15, -0.1) is 0 Å². The molecule has 0 spiro atoms. The molecule has 0 aromatic heterocycles. The number of imide groups is 1. The molecule has 41 heavy (non-hydrogen) atoms. The summed E-state index contributed by atoms with van der Waals surface area (Å²) in [5.74, 6) is -1.37. The van der Waals surface area contributed by atoms with E-state index < -0.39 is 11.9 Å². The first-order valence-corrected chi connectivity index (χ1v) is 13.9. The van der Waals surface area contributed by atoms with Crippen molar-refractivity contribution in [2.45, 2.75) is 38.5 Å². The van der Waals surface area contributed by atoms with Crippen molar-refractivity contribution in [2.24, 2.45) is 0 Å². The number of hydrogen-bond acceptors (Lipinski definition) is 6. The maximum atomic E-state index is 12.9. The summed E-state index contributed by atoms with van der Waals surface area (Å²) < 4.78 is 0. The van der Waals surface area contributed by atoms with Gasteiger partial charge in [0.15, 0.2) is 0 Å². The first kappa shape index (κ1) is 28.6. The van der Waals surface area contributed by atoms with E-state index in [0.717, 1.165) is 16.8 Å². The number of nitrogens with one attached hydrogen (secondary N) is 2. The molecule has 11 heteroatoms. The summed E-state index contributed by atoms with van der Waals surface area (Å²) in [4.78, 5) is 53.0. The largest absolute Gasteiger partial charge is 0.395 e. The van der Waals surface area contributed by atoms with Crippen LogP contribution >= 0.6 is 23.2 Å². The van der Waals surface area contributed by atoms with Crippen molar-refractivity contribution in [2.75, 3.05) is 18.1 Å². The summed E-state index contributed by atoms with van der Waals surface area (Å²) in [5.41, 5.74) is 4.32. The Hall–Kier alpha value is -3.92. The van der Waals surface area contributed by atoms with Gasteiger partial charge in [-0.3, -0.25) is 24.5 Å². The Balaban J connectivity index is 1.19. The lowest BCUT2D eigenvalue weighted by Gasteiger charge is -2.29. The van der Waals surface area contributed by atoms with Crippen LogP contribution in [0.1, 0.15) is 50.2 Å². The van der Waals surface area contributed by atoms with Gasteiger partial charge in [0.1, 0.15) is 6.04 Å². The molecule has 1 fully saturated rings. The molecule has 0 saturated carbocycles. The number of nitrogens with zero attached hydrogens (tertiary/aromatic N) is 2. The van der Waals surface area contributed by atoms with E-state index in [-0.39, 0.29) is 43.7 Å². The van der Waals surface area contributed by atoms with Gasteiger partial charge in [-0.05, 0) is 59.5 Å². The van der Waals surface area contributed by atoms with Gasteiger partial charge in [0.05, 0.1) is 16.7 Å². The number of amides is 4. The Kier molecular flexibility index (Phi) is 8.58. The Bertz CT molecular complexity index is 1510. The minimum atomic E-state index is -0.701. The van der Waals surface area contributed by atoms with E-state index in [4.69, 9.17) is 23.2 Å². The molecule has 2 aliphatic rings. The Morgan fingerprint density at radius 1 is 1.00 bits per heavy atom. The molecule has 1 atom stereocenters. The molecule has 212 valence electrons. The number of fused-ring (bicyclic) bond motifs is 1. The monoisotopic (exact) mass is 594 g/mol. The summed E-state index contributed by atoms with van der Waals surface area (Å²) in [7, 11) is 0. The fourth-order valence-corrected chi connectivity index (χ4v) is 5.38. The fraction of sp³-hybridized carbons (Fsp3) is 0.267. The van der Waals surface area contributed by atoms with Crippen LogP contribution in [0, 0.1) is 0 Å². The van der Waals surface area contributed by atoms with Crippen molar-refractivity contribution in [1.82, 2.24) is 15.5 Å².